The van der Waals surface area contributed by atoms with Crippen LogP contribution in [0, 0.1) is 17.2 Å². The van der Waals surface area contributed by atoms with Crippen molar-refractivity contribution in [3.63, 3.8) is 0 Å². The molecule has 6 heteroatoms. The molecule has 0 aromatic rings. The summed E-state index contributed by atoms with van der Waals surface area (Å²) in [5, 5.41) is 20.1. The molecule has 0 spiro atoms. The summed E-state index contributed by atoms with van der Waals surface area (Å²) in [7, 11) is 0. The smallest absolute Gasteiger partial charge is 0.308 e. The van der Waals surface area contributed by atoms with Gasteiger partial charge in [0.05, 0.1) is 25.0 Å². The Hall–Kier alpha value is -1.61. The first-order chi connectivity index (χ1) is 8.63. The van der Waals surface area contributed by atoms with E-state index in [2.05, 4.69) is 5.32 Å². The second-order valence-corrected chi connectivity index (χ2v) is 4.91. The van der Waals surface area contributed by atoms with Gasteiger partial charge < -0.3 is 10.4 Å². The third-order valence-corrected chi connectivity index (χ3v) is 3.88. The van der Waals surface area contributed by atoms with E-state index in [4.69, 9.17) is 10.4 Å². The third kappa shape index (κ3) is 2.46. The summed E-state index contributed by atoms with van der Waals surface area (Å²) in [6, 6.07) is 2.21. The fourth-order valence-corrected chi connectivity index (χ4v) is 3.09. The number of carbonyl (C=O) groups is 2. The van der Waals surface area contributed by atoms with Crippen LogP contribution in [0.5, 0.6) is 0 Å². The number of aliphatic carboxylic acids is 1. The summed E-state index contributed by atoms with van der Waals surface area (Å²) in [5.74, 6) is -1.19. The normalized spacial score (nSPS) is 30.1. The lowest BCUT2D eigenvalue weighted by Gasteiger charge is -2.21. The van der Waals surface area contributed by atoms with Crippen LogP contribution in [0.3, 0.4) is 0 Å². The van der Waals surface area contributed by atoms with E-state index >= 15 is 0 Å². The Morgan fingerprint density at radius 1 is 1.44 bits per heavy atom. The molecule has 18 heavy (non-hydrogen) atoms. The van der Waals surface area contributed by atoms with Crippen molar-refractivity contribution >= 4 is 11.9 Å². The van der Waals surface area contributed by atoms with Gasteiger partial charge in [-0.3, -0.25) is 14.5 Å². The summed E-state index contributed by atoms with van der Waals surface area (Å²) in [6.07, 6.45) is 2.81. The molecule has 2 saturated heterocycles. The molecule has 0 saturated carbocycles. The largest absolute Gasteiger partial charge is 0.481 e. The van der Waals surface area contributed by atoms with Gasteiger partial charge in [-0.05, 0) is 19.3 Å². The molecular formula is C12H17N3O3. The van der Waals surface area contributed by atoms with Crippen molar-refractivity contribution in [2.24, 2.45) is 5.92 Å². The van der Waals surface area contributed by atoms with Crippen molar-refractivity contribution in [2.75, 3.05) is 13.1 Å². The maximum Gasteiger partial charge on any atom is 0.308 e. The minimum absolute atomic E-state index is 0.00853. The molecule has 2 N–H and O–H groups in total. The van der Waals surface area contributed by atoms with E-state index < -0.39 is 5.97 Å². The Labute approximate surface area is 106 Å². The summed E-state index contributed by atoms with van der Waals surface area (Å²) in [5.41, 5.74) is 0. The van der Waals surface area contributed by atoms with Gasteiger partial charge in [0.1, 0.15) is 0 Å². The van der Waals surface area contributed by atoms with Gasteiger partial charge in [-0.2, -0.15) is 5.26 Å². The van der Waals surface area contributed by atoms with Crippen molar-refractivity contribution in [2.45, 2.75) is 37.8 Å². The van der Waals surface area contributed by atoms with Crippen LogP contribution in [0.25, 0.3) is 0 Å². The molecular weight excluding hydrogens is 234 g/mol. The van der Waals surface area contributed by atoms with Crippen LogP contribution >= 0.6 is 0 Å². The van der Waals surface area contributed by atoms with Crippen molar-refractivity contribution in [3.8, 4) is 6.07 Å². The maximum atomic E-state index is 11.7. The standard InChI is InChI=1S/C12H17N3O3/c13-4-1-5-14-11(16)7-15-8-2-3-10(15)9(6-8)12(17)18/h8-10H,1-3,5-7H2,(H,14,16)(H,17,18). The summed E-state index contributed by atoms with van der Waals surface area (Å²) < 4.78 is 0. The molecule has 1 amide bonds. The molecule has 0 aromatic carbocycles. The van der Waals surface area contributed by atoms with Crippen LogP contribution in [-0.2, 0) is 9.59 Å². The lowest BCUT2D eigenvalue weighted by atomic mass is 9.89. The van der Waals surface area contributed by atoms with Crippen molar-refractivity contribution < 1.29 is 14.7 Å². The number of amides is 1. The molecule has 6 nitrogen and oxygen atoms in total. The van der Waals surface area contributed by atoms with Crippen LogP contribution in [0.15, 0.2) is 0 Å². The Balaban J connectivity index is 1.86. The average molecular weight is 251 g/mol. The van der Waals surface area contributed by atoms with Crippen molar-refractivity contribution in [1.82, 2.24) is 10.2 Å². The zero-order chi connectivity index (χ0) is 13.1. The second-order valence-electron chi connectivity index (χ2n) is 4.91. The molecule has 2 fully saturated rings. The van der Waals surface area contributed by atoms with Crippen LogP contribution in [0.1, 0.15) is 25.7 Å². The first kappa shape index (κ1) is 12.8. The van der Waals surface area contributed by atoms with Gasteiger partial charge >= 0.3 is 5.97 Å². The first-order valence-corrected chi connectivity index (χ1v) is 6.25. The number of rotatable bonds is 5. The van der Waals surface area contributed by atoms with Gasteiger partial charge in [-0.1, -0.05) is 0 Å². The topological polar surface area (TPSA) is 93.4 Å². The number of nitrogens with one attached hydrogen (secondary N) is 1. The monoisotopic (exact) mass is 251 g/mol. The van der Waals surface area contributed by atoms with Crippen LogP contribution in [0.2, 0.25) is 0 Å². The summed E-state index contributed by atoms with van der Waals surface area (Å²) in [6.45, 7) is 0.616. The highest BCUT2D eigenvalue weighted by Crippen LogP contribution is 2.41. The molecule has 98 valence electrons. The highest BCUT2D eigenvalue weighted by Gasteiger charge is 2.49. The van der Waals surface area contributed by atoms with Crippen molar-refractivity contribution in [3.05, 3.63) is 0 Å². The molecule has 2 rings (SSSR count). The van der Waals surface area contributed by atoms with E-state index in [1.807, 2.05) is 11.0 Å². The highest BCUT2D eigenvalue weighted by molar-refractivity contribution is 5.78. The number of carbonyl (C=O) groups excluding carboxylic acids is 1. The summed E-state index contributed by atoms with van der Waals surface area (Å²) >= 11 is 0. The van der Waals surface area contributed by atoms with E-state index in [-0.39, 0.29) is 30.5 Å². The van der Waals surface area contributed by atoms with E-state index in [1.165, 1.54) is 0 Å². The van der Waals surface area contributed by atoms with Gasteiger partial charge in [0.2, 0.25) is 5.91 Å². The highest BCUT2D eigenvalue weighted by atomic mass is 16.4. The average Bonchev–Trinajstić information content (AvgIpc) is 2.87. The quantitative estimate of drug-likeness (QED) is 0.668. The number of carboxylic acids is 1. The van der Waals surface area contributed by atoms with Crippen molar-refractivity contribution in [1.29, 1.82) is 5.26 Å². The van der Waals surface area contributed by atoms with E-state index in [0.717, 1.165) is 12.8 Å². The van der Waals surface area contributed by atoms with Gasteiger partial charge in [-0.25, -0.2) is 0 Å². The van der Waals surface area contributed by atoms with Gasteiger partial charge in [-0.15, -0.1) is 0 Å². The number of hydrogen-bond donors (Lipinski definition) is 2. The molecule has 2 bridgehead atoms. The molecule has 0 aromatic heterocycles. The molecule has 2 aliphatic rings. The Kier molecular flexibility index (Phi) is 3.82. The van der Waals surface area contributed by atoms with Crippen LogP contribution in [-0.4, -0.2) is 47.1 Å². The van der Waals surface area contributed by atoms with Gasteiger partial charge in [0.25, 0.3) is 0 Å². The van der Waals surface area contributed by atoms with E-state index in [1.54, 1.807) is 0 Å². The lowest BCUT2D eigenvalue weighted by molar-refractivity contribution is -0.143. The number of hydrogen-bond acceptors (Lipinski definition) is 4. The zero-order valence-corrected chi connectivity index (χ0v) is 10.1. The molecule has 0 aliphatic carbocycles. The summed E-state index contributed by atoms with van der Waals surface area (Å²) in [4.78, 5) is 24.7. The molecule has 2 heterocycles. The number of nitrogens with zero attached hydrogens (tertiary/aromatic N) is 2. The van der Waals surface area contributed by atoms with Gasteiger partial charge in [0, 0.05) is 18.6 Å². The van der Waals surface area contributed by atoms with Crippen LogP contribution < -0.4 is 5.32 Å². The number of fused-ring (bicyclic) bond motifs is 2. The lowest BCUT2D eigenvalue weighted by Crippen LogP contribution is -2.41. The fourth-order valence-electron chi connectivity index (χ4n) is 3.09. The predicted octanol–water partition coefficient (Wildman–Crippen LogP) is -0.0462. The fraction of sp³-hybridized carbons (Fsp3) is 0.750. The van der Waals surface area contributed by atoms with E-state index in [9.17, 15) is 9.59 Å². The molecule has 0 radical (unpaired) electrons. The Morgan fingerprint density at radius 3 is 2.83 bits per heavy atom. The van der Waals surface area contributed by atoms with Crippen LogP contribution in [0.4, 0.5) is 0 Å². The minimum Gasteiger partial charge on any atom is -0.481 e. The maximum absolute atomic E-state index is 11.7. The Morgan fingerprint density at radius 2 is 2.22 bits per heavy atom. The van der Waals surface area contributed by atoms with Gasteiger partial charge in [0.15, 0.2) is 0 Å². The number of nitriles is 1. The second kappa shape index (κ2) is 5.36. The minimum atomic E-state index is -0.753. The molecule has 3 atom stereocenters. The predicted molar refractivity (Wildman–Crippen MR) is 62.5 cm³/mol. The van der Waals surface area contributed by atoms with E-state index in [0.29, 0.717) is 19.4 Å². The zero-order valence-electron chi connectivity index (χ0n) is 10.1. The Bertz CT molecular complexity index is 391. The number of carboxylic acid groups (broad SMARTS) is 1. The third-order valence-electron chi connectivity index (χ3n) is 3.88. The molecule has 3 unspecified atom stereocenters. The first-order valence-electron chi connectivity index (χ1n) is 6.25. The SMILES string of the molecule is N#CCCNC(=O)CN1C2CCC1C(C(=O)O)C2. The molecule has 2 aliphatic heterocycles.